The van der Waals surface area contributed by atoms with Gasteiger partial charge in [0.1, 0.15) is 13.2 Å². The number of terminal acetylenes is 1. The molecule has 0 saturated carbocycles. The minimum Gasteiger partial charge on any atom is -0.462 e. The van der Waals surface area contributed by atoms with Crippen LogP contribution in [-0.4, -0.2) is 66.7 Å². The van der Waals surface area contributed by atoms with E-state index in [1.54, 1.807) is 17.0 Å². The summed E-state index contributed by atoms with van der Waals surface area (Å²) in [5, 5.41) is 11.1. The highest BCUT2D eigenvalue weighted by molar-refractivity contribution is 5.87. The molecule has 1 heterocycles. The van der Waals surface area contributed by atoms with Gasteiger partial charge in [-0.25, -0.2) is 4.79 Å². The maximum atomic E-state index is 12.7. The zero-order chi connectivity index (χ0) is 27.7. The summed E-state index contributed by atoms with van der Waals surface area (Å²) in [6, 6.07) is 16.6. The van der Waals surface area contributed by atoms with Crippen molar-refractivity contribution in [3.63, 3.8) is 0 Å². The summed E-state index contributed by atoms with van der Waals surface area (Å²) in [5.74, 6) is 1.35. The number of hydrogen-bond donors (Lipinski definition) is 1. The molecule has 0 aromatic heterocycles. The SMILES string of the molecule is C#CC(O)(c1ccccc1)c1ccc(N2CCN(C(=O)CCC(=O)OCCOC(=O)C(=C)C)C(C)C2)cc1. The monoisotopic (exact) mass is 518 g/mol. The highest BCUT2D eigenvalue weighted by Gasteiger charge is 2.30. The van der Waals surface area contributed by atoms with Crippen LogP contribution in [0, 0.1) is 12.3 Å². The summed E-state index contributed by atoms with van der Waals surface area (Å²) in [7, 11) is 0. The Kier molecular flexibility index (Phi) is 9.69. The molecule has 0 aliphatic carbocycles. The molecule has 2 atom stereocenters. The Labute approximate surface area is 223 Å². The quantitative estimate of drug-likeness (QED) is 0.224. The number of rotatable bonds is 10. The van der Waals surface area contributed by atoms with Crippen molar-refractivity contribution in [3.05, 3.63) is 77.9 Å². The first-order valence-electron chi connectivity index (χ1n) is 12.5. The third kappa shape index (κ3) is 7.02. The van der Waals surface area contributed by atoms with Crippen molar-refractivity contribution in [2.45, 2.75) is 38.3 Å². The Balaban J connectivity index is 1.48. The van der Waals surface area contributed by atoms with Gasteiger partial charge in [0.2, 0.25) is 5.91 Å². The van der Waals surface area contributed by atoms with Gasteiger partial charge in [0, 0.05) is 54.5 Å². The second-order valence-electron chi connectivity index (χ2n) is 9.29. The molecule has 0 radical (unpaired) electrons. The van der Waals surface area contributed by atoms with Gasteiger partial charge in [0.15, 0.2) is 5.60 Å². The summed E-state index contributed by atoms with van der Waals surface area (Å²) in [6.07, 6.45) is 5.72. The van der Waals surface area contributed by atoms with Crippen LogP contribution < -0.4 is 4.90 Å². The minimum atomic E-state index is -1.52. The third-order valence-corrected chi connectivity index (χ3v) is 6.47. The van der Waals surface area contributed by atoms with E-state index in [0.717, 1.165) is 5.69 Å². The number of amides is 1. The van der Waals surface area contributed by atoms with E-state index in [1.165, 1.54) is 6.92 Å². The van der Waals surface area contributed by atoms with E-state index < -0.39 is 17.5 Å². The topological polar surface area (TPSA) is 96.4 Å². The average molecular weight is 519 g/mol. The van der Waals surface area contributed by atoms with E-state index in [1.807, 2.05) is 49.4 Å². The van der Waals surface area contributed by atoms with Gasteiger partial charge in [0.25, 0.3) is 0 Å². The molecular formula is C30H34N2O6. The molecule has 8 nitrogen and oxygen atoms in total. The largest absolute Gasteiger partial charge is 0.462 e. The van der Waals surface area contributed by atoms with Crippen molar-refractivity contribution >= 4 is 23.5 Å². The van der Waals surface area contributed by atoms with E-state index in [0.29, 0.717) is 30.8 Å². The van der Waals surface area contributed by atoms with Crippen LogP contribution >= 0.6 is 0 Å². The van der Waals surface area contributed by atoms with Gasteiger partial charge in [-0.15, -0.1) is 6.42 Å². The van der Waals surface area contributed by atoms with E-state index in [-0.39, 0.29) is 43.6 Å². The average Bonchev–Trinajstić information content (AvgIpc) is 2.93. The van der Waals surface area contributed by atoms with E-state index in [9.17, 15) is 19.5 Å². The van der Waals surface area contributed by atoms with E-state index in [4.69, 9.17) is 15.9 Å². The van der Waals surface area contributed by atoms with Crippen LogP contribution in [0.25, 0.3) is 0 Å². The number of ether oxygens (including phenoxy) is 2. The molecule has 0 spiro atoms. The van der Waals surface area contributed by atoms with E-state index >= 15 is 0 Å². The Morgan fingerprint density at radius 2 is 1.66 bits per heavy atom. The Bertz CT molecular complexity index is 1190. The first kappa shape index (κ1) is 28.5. The third-order valence-electron chi connectivity index (χ3n) is 6.47. The fraction of sp³-hybridized carbons (Fsp3) is 0.367. The summed E-state index contributed by atoms with van der Waals surface area (Å²) in [5.41, 5.74) is 0.959. The van der Waals surface area contributed by atoms with Crippen molar-refractivity contribution in [1.82, 2.24) is 4.90 Å². The van der Waals surface area contributed by atoms with Gasteiger partial charge < -0.3 is 24.4 Å². The summed E-state index contributed by atoms with van der Waals surface area (Å²) in [4.78, 5) is 40.0. The van der Waals surface area contributed by atoms with Gasteiger partial charge >= 0.3 is 11.9 Å². The fourth-order valence-corrected chi connectivity index (χ4v) is 4.33. The number of benzene rings is 2. The number of piperazine rings is 1. The van der Waals surface area contributed by atoms with Crippen molar-refractivity contribution in [2.75, 3.05) is 37.7 Å². The Morgan fingerprint density at radius 3 is 2.26 bits per heavy atom. The number of carbonyl (C=O) groups is 3. The first-order valence-corrected chi connectivity index (χ1v) is 12.5. The number of aliphatic hydroxyl groups is 1. The molecule has 1 aliphatic rings. The van der Waals surface area contributed by atoms with Crippen molar-refractivity contribution < 1.29 is 29.0 Å². The Morgan fingerprint density at radius 1 is 1.03 bits per heavy atom. The molecule has 2 aromatic carbocycles. The molecule has 1 N–H and O–H groups in total. The van der Waals surface area contributed by atoms with Gasteiger partial charge in [0.05, 0.1) is 6.42 Å². The van der Waals surface area contributed by atoms with Crippen LogP contribution in [0.3, 0.4) is 0 Å². The van der Waals surface area contributed by atoms with Gasteiger partial charge in [-0.05, 0) is 26.0 Å². The van der Waals surface area contributed by atoms with Crippen molar-refractivity contribution in [3.8, 4) is 12.3 Å². The minimum absolute atomic E-state index is 0.0405. The Hall–Kier alpha value is -4.09. The fourth-order valence-electron chi connectivity index (χ4n) is 4.33. The highest BCUT2D eigenvalue weighted by Crippen LogP contribution is 2.31. The van der Waals surface area contributed by atoms with Gasteiger partial charge in [-0.1, -0.05) is 55.0 Å². The van der Waals surface area contributed by atoms with Crippen LogP contribution in [0.15, 0.2) is 66.7 Å². The molecule has 8 heteroatoms. The van der Waals surface area contributed by atoms with Crippen LogP contribution in [0.5, 0.6) is 0 Å². The summed E-state index contributed by atoms with van der Waals surface area (Å²) >= 11 is 0. The standard InChI is InChI=1S/C30H34N2O6/c1-5-30(36,24-9-7-6-8-10-24)25-11-13-26(14-12-25)31-17-18-32(23(4)21-31)27(33)15-16-28(34)37-19-20-38-29(35)22(2)3/h1,6-14,23,36H,2,15-21H2,3-4H3. The second-order valence-corrected chi connectivity index (χ2v) is 9.29. The summed E-state index contributed by atoms with van der Waals surface area (Å²) in [6.45, 7) is 8.63. The molecule has 1 aliphatic heterocycles. The van der Waals surface area contributed by atoms with Crippen molar-refractivity contribution in [1.29, 1.82) is 0 Å². The smallest absolute Gasteiger partial charge is 0.333 e. The molecule has 0 bridgehead atoms. The van der Waals surface area contributed by atoms with Crippen molar-refractivity contribution in [2.24, 2.45) is 0 Å². The highest BCUT2D eigenvalue weighted by atomic mass is 16.6. The second kappa shape index (κ2) is 12.9. The zero-order valence-electron chi connectivity index (χ0n) is 21.9. The van der Waals surface area contributed by atoms with Crippen LogP contribution in [0.2, 0.25) is 0 Å². The number of esters is 2. The first-order chi connectivity index (χ1) is 18.2. The lowest BCUT2D eigenvalue weighted by atomic mass is 9.87. The molecule has 200 valence electrons. The zero-order valence-corrected chi connectivity index (χ0v) is 21.9. The molecule has 3 rings (SSSR count). The molecule has 38 heavy (non-hydrogen) atoms. The molecular weight excluding hydrogens is 484 g/mol. The van der Waals surface area contributed by atoms with Gasteiger partial charge in [-0.2, -0.15) is 0 Å². The number of hydrogen-bond acceptors (Lipinski definition) is 7. The number of carbonyl (C=O) groups excluding carboxylic acids is 3. The number of anilines is 1. The van der Waals surface area contributed by atoms with Gasteiger partial charge in [-0.3, -0.25) is 9.59 Å². The van der Waals surface area contributed by atoms with E-state index in [2.05, 4.69) is 17.4 Å². The number of nitrogens with zero attached hydrogens (tertiary/aromatic N) is 2. The lowest BCUT2D eigenvalue weighted by Gasteiger charge is -2.41. The molecule has 1 amide bonds. The predicted octanol–water partition coefficient (Wildman–Crippen LogP) is 3.04. The molecule has 2 aromatic rings. The molecule has 1 fully saturated rings. The maximum Gasteiger partial charge on any atom is 0.333 e. The van der Waals surface area contributed by atoms with Crippen LogP contribution in [0.4, 0.5) is 5.69 Å². The lowest BCUT2D eigenvalue weighted by molar-refractivity contribution is -0.151. The molecule has 1 saturated heterocycles. The lowest BCUT2D eigenvalue weighted by Crippen LogP contribution is -2.54. The maximum absolute atomic E-state index is 12.7. The normalized spacial score (nSPS) is 16.6. The van der Waals surface area contributed by atoms with Crippen LogP contribution in [-0.2, 0) is 29.5 Å². The van der Waals surface area contributed by atoms with Crippen LogP contribution in [0.1, 0.15) is 37.8 Å². The predicted molar refractivity (Wildman–Crippen MR) is 144 cm³/mol. The molecule has 2 unspecified atom stereocenters. The summed E-state index contributed by atoms with van der Waals surface area (Å²) < 4.78 is 9.89.